The van der Waals surface area contributed by atoms with E-state index in [1.807, 2.05) is 0 Å². The quantitative estimate of drug-likeness (QED) is 0.410. The van der Waals surface area contributed by atoms with Gasteiger partial charge in [-0.2, -0.15) is 0 Å². The second-order valence-electron chi connectivity index (χ2n) is 12.2. The summed E-state index contributed by atoms with van der Waals surface area (Å²) < 4.78 is 0. The highest BCUT2D eigenvalue weighted by molar-refractivity contribution is 5.81. The van der Waals surface area contributed by atoms with E-state index in [2.05, 4.69) is 26.1 Å². The summed E-state index contributed by atoms with van der Waals surface area (Å²) in [5.41, 5.74) is -0.214. The number of nitrogens with one attached hydrogen (secondary N) is 1. The van der Waals surface area contributed by atoms with Gasteiger partial charge in [0.15, 0.2) is 0 Å². The Balaban J connectivity index is 1.49. The van der Waals surface area contributed by atoms with Gasteiger partial charge in [-0.05, 0) is 97.7 Å². The zero-order chi connectivity index (χ0) is 24.1. The number of rotatable bonds is 6. The first kappa shape index (κ1) is 24.9. The van der Waals surface area contributed by atoms with Crippen LogP contribution in [-0.4, -0.2) is 57.2 Å². The number of aliphatic hydroxyl groups is 3. The average Bonchev–Trinajstić information content (AvgIpc) is 3.11. The summed E-state index contributed by atoms with van der Waals surface area (Å²) in [6, 6.07) is 0. The summed E-state index contributed by atoms with van der Waals surface area (Å²) in [6.07, 6.45) is 5.86. The van der Waals surface area contributed by atoms with Crippen LogP contribution in [0.5, 0.6) is 0 Å². The normalized spacial score (nSPS) is 47.7. The van der Waals surface area contributed by atoms with Crippen LogP contribution in [0.3, 0.4) is 0 Å². The van der Waals surface area contributed by atoms with Crippen LogP contribution in [0.25, 0.3) is 0 Å². The maximum atomic E-state index is 12.0. The molecule has 4 aliphatic carbocycles. The molecule has 1 amide bonds. The molecule has 5 N–H and O–H groups in total. The van der Waals surface area contributed by atoms with Crippen LogP contribution in [0.15, 0.2) is 0 Å². The van der Waals surface area contributed by atoms with E-state index in [4.69, 9.17) is 5.11 Å². The standard InChI is InChI=1S/C26H43NO6/c1-14(4-7-22(31)27-13-23(32)33)17-5-6-18-24-19(12-21(30)26(17,18)3)25(2)9-8-16(28)10-15(25)11-20(24)29/h14-21,24,28-30H,4-13H2,1-3H3,(H,27,31)(H,32,33)/t14?,15-,16+,17+,18-,19-,20+,21-,24-,25-,26+/m0/s1. The summed E-state index contributed by atoms with van der Waals surface area (Å²) in [7, 11) is 0. The highest BCUT2D eigenvalue weighted by Gasteiger charge is 2.65. The van der Waals surface area contributed by atoms with E-state index in [0.717, 1.165) is 38.5 Å². The predicted molar refractivity (Wildman–Crippen MR) is 123 cm³/mol. The number of carboxylic acids is 1. The van der Waals surface area contributed by atoms with Crippen molar-refractivity contribution in [1.29, 1.82) is 0 Å². The third-order valence-electron chi connectivity index (χ3n) is 10.8. The Bertz CT molecular complexity index is 759. The Kier molecular flexibility index (Phi) is 6.89. The Labute approximate surface area is 197 Å². The lowest BCUT2D eigenvalue weighted by Crippen LogP contribution is -2.62. The van der Waals surface area contributed by atoms with E-state index in [1.165, 1.54) is 0 Å². The molecule has 0 spiro atoms. The zero-order valence-electron chi connectivity index (χ0n) is 20.4. The average molecular weight is 466 g/mol. The SMILES string of the molecule is CC(CCC(=O)NCC(=O)O)[C@H]1CC[C@H]2[C@@H]3[C@H](O)C[C@@H]4C[C@H](O)CC[C@]4(C)[C@H]3C[C@H](O)[C@]12C. The molecule has 1 unspecified atom stereocenters. The van der Waals surface area contributed by atoms with Gasteiger partial charge < -0.3 is 25.7 Å². The van der Waals surface area contributed by atoms with Gasteiger partial charge in [0.1, 0.15) is 6.54 Å². The van der Waals surface area contributed by atoms with Crippen molar-refractivity contribution in [2.45, 2.75) is 96.9 Å². The second kappa shape index (κ2) is 9.12. The number of aliphatic hydroxyl groups excluding tert-OH is 3. The Hall–Kier alpha value is -1.18. The van der Waals surface area contributed by atoms with Gasteiger partial charge in [-0.25, -0.2) is 0 Å². The number of amides is 1. The first-order chi connectivity index (χ1) is 15.5. The molecule has 0 aromatic heterocycles. The van der Waals surface area contributed by atoms with Crippen LogP contribution in [0, 0.1) is 46.3 Å². The van der Waals surface area contributed by atoms with Crippen molar-refractivity contribution < 1.29 is 30.0 Å². The van der Waals surface area contributed by atoms with E-state index >= 15 is 0 Å². The minimum absolute atomic E-state index is 0.0668. The third-order valence-corrected chi connectivity index (χ3v) is 10.8. The van der Waals surface area contributed by atoms with Crippen LogP contribution in [0.4, 0.5) is 0 Å². The van der Waals surface area contributed by atoms with Gasteiger partial charge in [-0.3, -0.25) is 9.59 Å². The van der Waals surface area contributed by atoms with E-state index < -0.39 is 12.1 Å². The Morgan fingerprint density at radius 2 is 1.76 bits per heavy atom. The molecule has 0 bridgehead atoms. The van der Waals surface area contributed by atoms with E-state index in [1.54, 1.807) is 0 Å². The molecule has 0 radical (unpaired) electrons. The minimum Gasteiger partial charge on any atom is -0.480 e. The molecular weight excluding hydrogens is 422 g/mol. The van der Waals surface area contributed by atoms with Gasteiger partial charge in [0.05, 0.1) is 18.3 Å². The molecular formula is C26H43NO6. The van der Waals surface area contributed by atoms with Gasteiger partial charge in [-0.1, -0.05) is 20.8 Å². The molecule has 0 saturated heterocycles. The highest BCUT2D eigenvalue weighted by Crippen LogP contribution is 2.68. The van der Waals surface area contributed by atoms with E-state index in [-0.39, 0.29) is 65.1 Å². The molecule has 4 aliphatic rings. The van der Waals surface area contributed by atoms with E-state index in [9.17, 15) is 24.9 Å². The van der Waals surface area contributed by atoms with E-state index in [0.29, 0.717) is 25.2 Å². The summed E-state index contributed by atoms with van der Waals surface area (Å²) in [5, 5.41) is 44.4. The fourth-order valence-electron chi connectivity index (χ4n) is 8.95. The minimum atomic E-state index is -1.04. The van der Waals surface area contributed by atoms with Crippen molar-refractivity contribution in [1.82, 2.24) is 5.32 Å². The smallest absolute Gasteiger partial charge is 0.322 e. The van der Waals surface area contributed by atoms with Gasteiger partial charge >= 0.3 is 5.97 Å². The first-order valence-electron chi connectivity index (χ1n) is 13.0. The number of carbonyl (C=O) groups is 2. The molecule has 11 atom stereocenters. The largest absolute Gasteiger partial charge is 0.480 e. The highest BCUT2D eigenvalue weighted by atomic mass is 16.4. The third kappa shape index (κ3) is 4.23. The summed E-state index contributed by atoms with van der Waals surface area (Å²) in [6.45, 7) is 6.35. The van der Waals surface area contributed by atoms with Crippen molar-refractivity contribution in [3.8, 4) is 0 Å². The van der Waals surface area contributed by atoms with Crippen molar-refractivity contribution in [2.75, 3.05) is 6.54 Å². The molecule has 4 saturated carbocycles. The van der Waals surface area contributed by atoms with Gasteiger partial charge in [0.25, 0.3) is 0 Å². The monoisotopic (exact) mass is 465 g/mol. The molecule has 7 nitrogen and oxygen atoms in total. The number of carboxylic acid groups (broad SMARTS) is 1. The second-order valence-corrected chi connectivity index (χ2v) is 12.2. The van der Waals surface area contributed by atoms with Crippen molar-refractivity contribution in [2.24, 2.45) is 46.3 Å². The lowest BCUT2D eigenvalue weighted by atomic mass is 9.43. The van der Waals surface area contributed by atoms with Crippen LogP contribution in [0.1, 0.15) is 78.6 Å². The summed E-state index contributed by atoms with van der Waals surface area (Å²) in [4.78, 5) is 22.7. The van der Waals surface area contributed by atoms with Crippen LogP contribution in [-0.2, 0) is 9.59 Å². The molecule has 0 heterocycles. The fraction of sp³-hybridized carbons (Fsp3) is 0.923. The van der Waals surface area contributed by atoms with Crippen LogP contribution in [0.2, 0.25) is 0 Å². The van der Waals surface area contributed by atoms with Gasteiger partial charge in [0.2, 0.25) is 5.91 Å². The number of hydrogen-bond donors (Lipinski definition) is 5. The molecule has 188 valence electrons. The zero-order valence-corrected chi connectivity index (χ0v) is 20.4. The summed E-state index contributed by atoms with van der Waals surface area (Å²) >= 11 is 0. The number of carbonyl (C=O) groups excluding carboxylic acids is 1. The maximum absolute atomic E-state index is 12.0. The molecule has 33 heavy (non-hydrogen) atoms. The molecule has 4 rings (SSSR count). The molecule has 0 aliphatic heterocycles. The predicted octanol–water partition coefficient (Wildman–Crippen LogP) is 2.56. The molecule has 4 fully saturated rings. The number of aliphatic carboxylic acids is 1. The summed E-state index contributed by atoms with van der Waals surface area (Å²) in [5.74, 6) is 0.265. The topological polar surface area (TPSA) is 127 Å². The maximum Gasteiger partial charge on any atom is 0.322 e. The van der Waals surface area contributed by atoms with Gasteiger partial charge in [-0.15, -0.1) is 0 Å². The van der Waals surface area contributed by atoms with Crippen molar-refractivity contribution >= 4 is 11.9 Å². The number of fused-ring (bicyclic) bond motifs is 5. The van der Waals surface area contributed by atoms with Crippen LogP contribution < -0.4 is 5.32 Å². The first-order valence-corrected chi connectivity index (χ1v) is 13.0. The lowest BCUT2D eigenvalue weighted by Gasteiger charge is -2.63. The molecule has 7 heteroatoms. The lowest BCUT2D eigenvalue weighted by molar-refractivity contribution is -0.207. The fourth-order valence-corrected chi connectivity index (χ4v) is 8.95. The molecule has 0 aromatic rings. The van der Waals surface area contributed by atoms with Gasteiger partial charge in [0, 0.05) is 6.42 Å². The molecule has 0 aromatic carbocycles. The van der Waals surface area contributed by atoms with Crippen LogP contribution >= 0.6 is 0 Å². The van der Waals surface area contributed by atoms with Crippen molar-refractivity contribution in [3.63, 3.8) is 0 Å². The Morgan fingerprint density at radius 1 is 1.03 bits per heavy atom. The Morgan fingerprint density at radius 3 is 2.45 bits per heavy atom. The van der Waals surface area contributed by atoms with Crippen molar-refractivity contribution in [3.05, 3.63) is 0 Å². The number of hydrogen-bond acceptors (Lipinski definition) is 5.